The van der Waals surface area contributed by atoms with Crippen LogP contribution in [-0.2, 0) is 10.2 Å². The maximum atomic E-state index is 13.6. The van der Waals surface area contributed by atoms with Crippen molar-refractivity contribution in [1.29, 1.82) is 5.26 Å². The van der Waals surface area contributed by atoms with Gasteiger partial charge in [0, 0.05) is 45.1 Å². The van der Waals surface area contributed by atoms with E-state index >= 15 is 0 Å². The largest absolute Gasteiger partial charge is 0.384 e. The molecule has 2 amide bonds. The summed E-state index contributed by atoms with van der Waals surface area (Å²) in [5.74, 6) is 1.38. The van der Waals surface area contributed by atoms with E-state index in [0.717, 1.165) is 19.3 Å². The summed E-state index contributed by atoms with van der Waals surface area (Å²) in [6.07, 6.45) is 2.32. The molecule has 2 atom stereocenters. The number of nitriles is 1. The van der Waals surface area contributed by atoms with Gasteiger partial charge in [-0.25, -0.2) is 4.79 Å². The van der Waals surface area contributed by atoms with Crippen LogP contribution in [0.25, 0.3) is 0 Å². The summed E-state index contributed by atoms with van der Waals surface area (Å²) in [6.45, 7) is 11.3. The molecule has 1 aromatic carbocycles. The van der Waals surface area contributed by atoms with Crippen LogP contribution in [0.1, 0.15) is 73.4 Å². The highest BCUT2D eigenvalue weighted by Gasteiger charge is 2.38. The van der Waals surface area contributed by atoms with Gasteiger partial charge in [-0.3, -0.25) is 0 Å². The Morgan fingerprint density at radius 1 is 1.17 bits per heavy atom. The highest BCUT2D eigenvalue weighted by atomic mass is 16.5. The zero-order valence-corrected chi connectivity index (χ0v) is 21.6. The van der Waals surface area contributed by atoms with Crippen molar-refractivity contribution in [3.63, 3.8) is 0 Å². The first-order chi connectivity index (χ1) is 16.7. The number of amides is 2. The molecule has 4 rings (SSSR count). The number of hydrogen-bond donors (Lipinski definition) is 0. The number of aryl methyl sites for hydroxylation is 2. The summed E-state index contributed by atoms with van der Waals surface area (Å²) in [7, 11) is 1.67. The van der Waals surface area contributed by atoms with E-state index in [0.29, 0.717) is 44.5 Å². The maximum absolute atomic E-state index is 13.6. The van der Waals surface area contributed by atoms with Crippen LogP contribution < -0.4 is 0 Å². The normalized spacial score (nSPS) is 21.7. The molecular formula is C27H37N5O3. The smallest absolute Gasteiger partial charge is 0.320 e. The standard InChI is InChI=1S/C27H37N5O3/c1-18-6-7-21(12-19(18)2)22-13-23(24-29-25(30-35-24)27(3,4)17-34-5)16-32(15-22)26(33)31-10-8-20(14-28)9-11-31/h6-7,12,20,22-23H,8-11,13,15-17H2,1-5H3. The van der Waals surface area contributed by atoms with E-state index in [4.69, 9.17) is 14.2 Å². The van der Waals surface area contributed by atoms with Gasteiger partial charge in [0.15, 0.2) is 5.82 Å². The van der Waals surface area contributed by atoms with Crippen LogP contribution in [0.5, 0.6) is 0 Å². The number of nitrogens with zero attached hydrogens (tertiary/aromatic N) is 5. The van der Waals surface area contributed by atoms with Crippen molar-refractivity contribution in [1.82, 2.24) is 19.9 Å². The number of hydrogen-bond acceptors (Lipinski definition) is 6. The molecule has 0 aliphatic carbocycles. The second-order valence-corrected chi connectivity index (χ2v) is 10.8. The van der Waals surface area contributed by atoms with Crippen molar-refractivity contribution in [2.75, 3.05) is 39.9 Å². The van der Waals surface area contributed by atoms with Crippen LogP contribution in [0, 0.1) is 31.1 Å². The van der Waals surface area contributed by atoms with Crippen molar-refractivity contribution >= 4 is 6.03 Å². The lowest BCUT2D eigenvalue weighted by Gasteiger charge is -2.40. The van der Waals surface area contributed by atoms with E-state index in [1.54, 1.807) is 7.11 Å². The van der Waals surface area contributed by atoms with Crippen molar-refractivity contribution in [2.24, 2.45) is 5.92 Å². The molecule has 35 heavy (non-hydrogen) atoms. The molecule has 188 valence electrons. The number of piperidine rings is 2. The number of carbonyl (C=O) groups excluding carboxylic acids is 1. The minimum atomic E-state index is -0.362. The molecule has 0 spiro atoms. The lowest BCUT2D eigenvalue weighted by Crippen LogP contribution is -2.51. The van der Waals surface area contributed by atoms with Gasteiger partial charge in [-0.15, -0.1) is 0 Å². The number of ether oxygens (including phenoxy) is 1. The van der Waals surface area contributed by atoms with Crippen molar-refractivity contribution in [3.8, 4) is 6.07 Å². The summed E-state index contributed by atoms with van der Waals surface area (Å²) in [4.78, 5) is 22.2. The number of benzene rings is 1. The zero-order chi connectivity index (χ0) is 25.2. The second-order valence-electron chi connectivity index (χ2n) is 10.8. The van der Waals surface area contributed by atoms with E-state index < -0.39 is 0 Å². The molecule has 1 aromatic heterocycles. The third-order valence-electron chi connectivity index (χ3n) is 7.57. The number of likely N-dealkylation sites (tertiary alicyclic amines) is 2. The van der Waals surface area contributed by atoms with E-state index in [-0.39, 0.29) is 29.2 Å². The number of carbonyl (C=O) groups is 1. The monoisotopic (exact) mass is 479 g/mol. The highest BCUT2D eigenvalue weighted by Crippen LogP contribution is 2.37. The van der Waals surface area contributed by atoms with Crippen molar-refractivity contribution in [2.45, 2.75) is 64.2 Å². The van der Waals surface area contributed by atoms with Crippen LogP contribution >= 0.6 is 0 Å². The van der Waals surface area contributed by atoms with Gasteiger partial charge in [0.05, 0.1) is 24.0 Å². The zero-order valence-electron chi connectivity index (χ0n) is 21.6. The third kappa shape index (κ3) is 5.51. The summed E-state index contributed by atoms with van der Waals surface area (Å²) in [5, 5.41) is 13.5. The second kappa shape index (κ2) is 10.4. The van der Waals surface area contributed by atoms with E-state index in [1.165, 1.54) is 16.7 Å². The average Bonchev–Trinajstić information content (AvgIpc) is 3.37. The summed E-state index contributed by atoms with van der Waals surface area (Å²) < 4.78 is 11.1. The van der Waals surface area contributed by atoms with Crippen LogP contribution in [0.4, 0.5) is 4.79 Å². The molecule has 3 heterocycles. The first-order valence-corrected chi connectivity index (χ1v) is 12.6. The van der Waals surface area contributed by atoms with Gasteiger partial charge >= 0.3 is 6.03 Å². The lowest BCUT2D eigenvalue weighted by atomic mass is 9.83. The number of urea groups is 1. The van der Waals surface area contributed by atoms with E-state index in [9.17, 15) is 10.1 Å². The molecule has 0 radical (unpaired) electrons. The lowest BCUT2D eigenvalue weighted by molar-refractivity contribution is 0.116. The minimum absolute atomic E-state index is 0.0411. The van der Waals surface area contributed by atoms with Gasteiger partial charge in [0.2, 0.25) is 5.89 Å². The van der Waals surface area contributed by atoms with Gasteiger partial charge in [0.25, 0.3) is 0 Å². The van der Waals surface area contributed by atoms with Gasteiger partial charge < -0.3 is 19.1 Å². The molecule has 8 heteroatoms. The van der Waals surface area contributed by atoms with Crippen LogP contribution in [0.15, 0.2) is 22.7 Å². The van der Waals surface area contributed by atoms with Crippen molar-refractivity contribution in [3.05, 3.63) is 46.6 Å². The maximum Gasteiger partial charge on any atom is 0.320 e. The first kappa shape index (κ1) is 25.2. The first-order valence-electron chi connectivity index (χ1n) is 12.6. The predicted octanol–water partition coefficient (Wildman–Crippen LogP) is 4.54. The molecule has 2 fully saturated rings. The Balaban J connectivity index is 1.59. The molecule has 2 aliphatic rings. The molecule has 0 N–H and O–H groups in total. The number of aromatic nitrogens is 2. The Bertz CT molecular complexity index is 1080. The van der Waals surface area contributed by atoms with Crippen LogP contribution in [0.3, 0.4) is 0 Å². The fourth-order valence-electron chi connectivity index (χ4n) is 5.20. The SMILES string of the molecule is COCC(C)(C)c1noc(C2CC(c3ccc(C)c(C)c3)CN(C(=O)N3CCC(C#N)CC3)C2)n1. The number of rotatable bonds is 5. The van der Waals surface area contributed by atoms with Gasteiger partial charge in [-0.2, -0.15) is 10.2 Å². The summed E-state index contributed by atoms with van der Waals surface area (Å²) in [5.41, 5.74) is 3.39. The Morgan fingerprint density at radius 3 is 2.54 bits per heavy atom. The van der Waals surface area contributed by atoms with Gasteiger partial charge in [-0.05, 0) is 49.8 Å². The Labute approximate surface area is 208 Å². The average molecular weight is 480 g/mol. The quantitative estimate of drug-likeness (QED) is 0.625. The van der Waals surface area contributed by atoms with Crippen LogP contribution in [-0.4, -0.2) is 65.9 Å². The molecule has 8 nitrogen and oxygen atoms in total. The van der Waals surface area contributed by atoms with E-state index in [2.05, 4.69) is 43.3 Å². The Hall–Kier alpha value is -2.92. The summed E-state index contributed by atoms with van der Waals surface area (Å²) >= 11 is 0. The Kier molecular flexibility index (Phi) is 7.46. The van der Waals surface area contributed by atoms with Gasteiger partial charge in [-0.1, -0.05) is 37.2 Å². The predicted molar refractivity (Wildman–Crippen MR) is 132 cm³/mol. The third-order valence-corrected chi connectivity index (χ3v) is 7.57. The molecule has 0 bridgehead atoms. The molecular weight excluding hydrogens is 442 g/mol. The topological polar surface area (TPSA) is 95.5 Å². The number of methoxy groups -OCH3 is 1. The fourth-order valence-corrected chi connectivity index (χ4v) is 5.20. The molecule has 2 unspecified atom stereocenters. The van der Waals surface area contributed by atoms with E-state index in [1.807, 2.05) is 23.6 Å². The van der Waals surface area contributed by atoms with Crippen LogP contribution in [0.2, 0.25) is 0 Å². The Morgan fingerprint density at radius 2 is 1.89 bits per heavy atom. The summed E-state index contributed by atoms with van der Waals surface area (Å²) in [6, 6.07) is 8.96. The minimum Gasteiger partial charge on any atom is -0.384 e. The molecule has 2 saturated heterocycles. The molecule has 0 saturated carbocycles. The fraction of sp³-hybridized carbons (Fsp3) is 0.630. The highest BCUT2D eigenvalue weighted by molar-refractivity contribution is 5.75. The molecule has 2 aromatic rings. The van der Waals surface area contributed by atoms with Crippen molar-refractivity contribution < 1.29 is 14.1 Å². The van der Waals surface area contributed by atoms with Gasteiger partial charge in [0.1, 0.15) is 0 Å². The molecule has 2 aliphatic heterocycles.